The molecule has 1 aromatic carbocycles. The number of Topliss-reactive ketones (excluding diaryl/α,β-unsaturated/α-hetero) is 1. The van der Waals surface area contributed by atoms with Crippen LogP contribution in [0.15, 0.2) is 41.8 Å². The summed E-state index contributed by atoms with van der Waals surface area (Å²) >= 11 is 1.34. The van der Waals surface area contributed by atoms with Crippen molar-refractivity contribution >= 4 is 28.5 Å². The maximum absolute atomic E-state index is 12.3. The maximum Gasteiger partial charge on any atom is 0.269 e. The Morgan fingerprint density at radius 3 is 2.62 bits per heavy atom. The lowest BCUT2D eigenvalue weighted by molar-refractivity contribution is -0.384. The second-order valence-corrected chi connectivity index (χ2v) is 5.07. The predicted molar refractivity (Wildman–Crippen MR) is 80.8 cm³/mol. The quantitative estimate of drug-likeness (QED) is 0.367. The van der Waals surface area contributed by atoms with Crippen molar-refractivity contribution in [3.05, 3.63) is 56.8 Å². The number of nitro groups is 1. The van der Waals surface area contributed by atoms with Crippen molar-refractivity contribution in [3.63, 3.8) is 0 Å². The van der Waals surface area contributed by atoms with E-state index < -0.39 is 11.2 Å². The van der Waals surface area contributed by atoms with Gasteiger partial charge in [0.2, 0.25) is 5.78 Å². The lowest BCUT2D eigenvalue weighted by Gasteiger charge is -2.17. The predicted octanol–water partition coefficient (Wildman–Crippen LogP) is 3.31. The molecule has 0 saturated carbocycles. The summed E-state index contributed by atoms with van der Waals surface area (Å²) in [4.78, 5) is 23.0. The maximum atomic E-state index is 12.3. The highest BCUT2D eigenvalue weighted by Gasteiger charge is 2.21. The van der Waals surface area contributed by atoms with Crippen LogP contribution >= 0.6 is 11.3 Å². The Hall–Kier alpha value is -2.25. The summed E-state index contributed by atoms with van der Waals surface area (Å²) in [5.74, 6) is -0.162. The van der Waals surface area contributed by atoms with Crippen LogP contribution in [0.4, 0.5) is 11.4 Å². The monoisotopic (exact) mass is 306 g/mol. The normalized spacial score (nSPS) is 11.9. The van der Waals surface area contributed by atoms with Crippen molar-refractivity contribution in [3.8, 4) is 0 Å². The van der Waals surface area contributed by atoms with Crippen LogP contribution in [0.1, 0.15) is 16.6 Å². The van der Waals surface area contributed by atoms with E-state index in [2.05, 4.69) is 5.32 Å². The molecular formula is C14H14N2O4S. The molecule has 1 heterocycles. The highest BCUT2D eigenvalue weighted by atomic mass is 32.1. The molecule has 2 aromatic rings. The largest absolute Gasteiger partial charge is 0.354 e. The Bertz CT molecular complexity index is 610. The lowest BCUT2D eigenvalue weighted by Crippen LogP contribution is -2.32. The molecule has 0 bridgehead atoms. The second-order valence-electron chi connectivity index (χ2n) is 4.13. The number of carbonyl (C=O) groups excluding carboxylic acids is 1. The highest BCUT2D eigenvalue weighted by molar-refractivity contribution is 7.12. The zero-order valence-electron chi connectivity index (χ0n) is 11.3. The molecule has 0 fully saturated rings. The topological polar surface area (TPSA) is 81.5 Å². The molecule has 0 amide bonds. The molecule has 6 nitrogen and oxygen atoms in total. The first kappa shape index (κ1) is 15.1. The molecule has 110 valence electrons. The van der Waals surface area contributed by atoms with E-state index in [0.29, 0.717) is 17.2 Å². The van der Waals surface area contributed by atoms with Gasteiger partial charge in [-0.15, -0.1) is 11.3 Å². The van der Waals surface area contributed by atoms with Crippen LogP contribution in [-0.2, 0) is 4.74 Å². The summed E-state index contributed by atoms with van der Waals surface area (Å²) in [5.41, 5.74) is 0.585. The molecule has 0 radical (unpaired) electrons. The van der Waals surface area contributed by atoms with Crippen molar-refractivity contribution in [1.82, 2.24) is 0 Å². The molecule has 1 N–H and O–H groups in total. The van der Waals surface area contributed by atoms with Gasteiger partial charge in [0, 0.05) is 24.4 Å². The van der Waals surface area contributed by atoms with Crippen molar-refractivity contribution in [1.29, 1.82) is 0 Å². The zero-order valence-corrected chi connectivity index (χ0v) is 12.1. The Labute approximate surface area is 125 Å². The molecule has 0 aliphatic heterocycles. The van der Waals surface area contributed by atoms with Crippen LogP contribution in [-0.4, -0.2) is 23.5 Å². The fourth-order valence-corrected chi connectivity index (χ4v) is 2.41. The summed E-state index contributed by atoms with van der Waals surface area (Å²) in [6.07, 6.45) is -0.810. The summed E-state index contributed by atoms with van der Waals surface area (Å²) < 4.78 is 5.42. The van der Waals surface area contributed by atoms with Gasteiger partial charge in [-0.25, -0.2) is 0 Å². The van der Waals surface area contributed by atoms with Crippen LogP contribution in [0.2, 0.25) is 0 Å². The number of thiophene rings is 1. The van der Waals surface area contributed by atoms with Gasteiger partial charge in [-0.2, -0.15) is 0 Å². The number of hydrogen-bond acceptors (Lipinski definition) is 6. The molecule has 0 aliphatic carbocycles. The average molecular weight is 306 g/mol. The molecule has 2 rings (SSSR count). The van der Waals surface area contributed by atoms with E-state index in [1.165, 1.54) is 23.5 Å². The summed E-state index contributed by atoms with van der Waals surface area (Å²) in [6.45, 7) is 2.17. The zero-order chi connectivity index (χ0) is 15.2. The van der Waals surface area contributed by atoms with Gasteiger partial charge in [-0.3, -0.25) is 14.9 Å². The molecule has 21 heavy (non-hydrogen) atoms. The van der Waals surface area contributed by atoms with E-state index in [1.54, 1.807) is 31.2 Å². The Morgan fingerprint density at radius 2 is 2.10 bits per heavy atom. The molecule has 1 atom stereocenters. The van der Waals surface area contributed by atoms with E-state index in [1.807, 2.05) is 5.38 Å². The van der Waals surface area contributed by atoms with Crippen LogP contribution in [0, 0.1) is 10.1 Å². The van der Waals surface area contributed by atoms with Crippen molar-refractivity contribution in [2.75, 3.05) is 11.9 Å². The van der Waals surface area contributed by atoms with E-state index in [0.717, 1.165) is 0 Å². The number of nitrogens with zero attached hydrogens (tertiary/aromatic N) is 1. The lowest BCUT2D eigenvalue weighted by atomic mass is 10.2. The number of benzene rings is 1. The molecule has 7 heteroatoms. The molecule has 0 spiro atoms. The van der Waals surface area contributed by atoms with E-state index in [-0.39, 0.29) is 11.5 Å². The molecular weight excluding hydrogens is 292 g/mol. The molecule has 0 aliphatic rings. The Kier molecular flexibility index (Phi) is 5.02. The summed E-state index contributed by atoms with van der Waals surface area (Å²) in [5, 5.41) is 15.4. The van der Waals surface area contributed by atoms with Gasteiger partial charge >= 0.3 is 0 Å². The smallest absolute Gasteiger partial charge is 0.269 e. The van der Waals surface area contributed by atoms with Crippen LogP contribution < -0.4 is 5.32 Å². The van der Waals surface area contributed by atoms with Crippen LogP contribution in [0.3, 0.4) is 0 Å². The number of non-ortho nitro benzene ring substituents is 1. The second kappa shape index (κ2) is 6.96. The fourth-order valence-electron chi connectivity index (χ4n) is 1.73. The minimum Gasteiger partial charge on any atom is -0.354 e. The standard InChI is InChI=1S/C14H14N2O4S/c1-2-20-14(13(17)12-4-3-9-21-12)15-10-5-7-11(8-6-10)16(18)19/h3-9,14-15H,2H2,1H3. The Balaban J connectivity index is 2.12. The van der Waals surface area contributed by atoms with Gasteiger partial charge in [0.25, 0.3) is 5.69 Å². The Morgan fingerprint density at radius 1 is 1.38 bits per heavy atom. The van der Waals surface area contributed by atoms with E-state index in [4.69, 9.17) is 4.74 Å². The molecule has 1 aromatic heterocycles. The minimum absolute atomic E-state index is 0.00177. The number of nitro benzene ring substituents is 1. The van der Waals surface area contributed by atoms with Crippen molar-refractivity contribution in [2.45, 2.75) is 13.2 Å². The van der Waals surface area contributed by atoms with Gasteiger partial charge in [-0.05, 0) is 30.5 Å². The van der Waals surface area contributed by atoms with Crippen molar-refractivity contribution in [2.24, 2.45) is 0 Å². The third kappa shape index (κ3) is 3.87. The first-order valence-electron chi connectivity index (χ1n) is 6.32. The van der Waals surface area contributed by atoms with Gasteiger partial charge in [0.1, 0.15) is 0 Å². The van der Waals surface area contributed by atoms with Gasteiger partial charge in [-0.1, -0.05) is 6.07 Å². The highest BCUT2D eigenvalue weighted by Crippen LogP contribution is 2.19. The number of hydrogen-bond donors (Lipinski definition) is 1. The van der Waals surface area contributed by atoms with Gasteiger partial charge < -0.3 is 10.1 Å². The van der Waals surface area contributed by atoms with Crippen molar-refractivity contribution < 1.29 is 14.5 Å². The molecule has 1 unspecified atom stereocenters. The third-order valence-corrected chi connectivity index (χ3v) is 3.60. The number of nitrogens with one attached hydrogen (secondary N) is 1. The third-order valence-electron chi connectivity index (χ3n) is 2.71. The number of rotatable bonds is 7. The molecule has 0 saturated heterocycles. The fraction of sp³-hybridized carbons (Fsp3) is 0.214. The average Bonchev–Trinajstić information content (AvgIpc) is 3.01. The minimum atomic E-state index is -0.810. The first-order valence-corrected chi connectivity index (χ1v) is 7.20. The van der Waals surface area contributed by atoms with Gasteiger partial charge in [0.15, 0.2) is 6.23 Å². The van der Waals surface area contributed by atoms with E-state index >= 15 is 0 Å². The van der Waals surface area contributed by atoms with Crippen LogP contribution in [0.5, 0.6) is 0 Å². The SMILES string of the molecule is CCOC(Nc1ccc([N+](=O)[O-])cc1)C(=O)c1cccs1. The van der Waals surface area contributed by atoms with E-state index in [9.17, 15) is 14.9 Å². The number of anilines is 1. The summed E-state index contributed by atoms with van der Waals surface area (Å²) in [6, 6.07) is 9.38. The summed E-state index contributed by atoms with van der Waals surface area (Å²) in [7, 11) is 0. The number of ether oxygens (including phenoxy) is 1. The van der Waals surface area contributed by atoms with Crippen LogP contribution in [0.25, 0.3) is 0 Å². The number of carbonyl (C=O) groups is 1. The van der Waals surface area contributed by atoms with Gasteiger partial charge in [0.05, 0.1) is 9.80 Å². The first-order chi connectivity index (χ1) is 10.1. The number of ketones is 1.